The van der Waals surface area contributed by atoms with E-state index in [0.717, 1.165) is 0 Å². The molecule has 0 bridgehead atoms. The van der Waals surface area contributed by atoms with E-state index in [9.17, 15) is 19.2 Å². The Balaban J connectivity index is 2.13. The normalized spacial score (nSPS) is 10.0. The minimum atomic E-state index is -1.47. The van der Waals surface area contributed by atoms with Crippen molar-refractivity contribution >= 4 is 24.1 Å². The van der Waals surface area contributed by atoms with Gasteiger partial charge in [0.05, 0.1) is 0 Å². The van der Waals surface area contributed by atoms with Gasteiger partial charge in [0, 0.05) is 0 Å². The number of benzene rings is 2. The van der Waals surface area contributed by atoms with Crippen LogP contribution in [0.2, 0.25) is 0 Å². The number of carboxylic acid groups (broad SMARTS) is 2. The fourth-order valence-electron chi connectivity index (χ4n) is 2.34. The van der Waals surface area contributed by atoms with Gasteiger partial charge in [-0.1, -0.05) is 60.7 Å². The molecule has 2 amide bonds. The number of carboxylic acids is 2. The molecule has 0 saturated heterocycles. The lowest BCUT2D eigenvalue weighted by Gasteiger charge is -2.30. The highest BCUT2D eigenvalue weighted by Crippen LogP contribution is 2.10. The van der Waals surface area contributed by atoms with Gasteiger partial charge in [-0.25, -0.2) is 19.6 Å². The molecule has 2 aromatic rings. The maximum absolute atomic E-state index is 12.5. The van der Waals surface area contributed by atoms with E-state index in [2.05, 4.69) is 0 Å². The molecule has 10 heteroatoms. The van der Waals surface area contributed by atoms with Gasteiger partial charge in [0.1, 0.15) is 26.3 Å². The molecule has 0 unspecified atom stereocenters. The molecule has 0 heterocycles. The Hall–Kier alpha value is -4.08. The predicted molar refractivity (Wildman–Crippen MR) is 102 cm³/mol. The molecule has 0 fully saturated rings. The number of hydrogen-bond donors (Lipinski definition) is 2. The second kappa shape index (κ2) is 11.1. The van der Waals surface area contributed by atoms with E-state index in [1.54, 1.807) is 60.7 Å². The molecule has 0 aliphatic carbocycles. The first-order valence-electron chi connectivity index (χ1n) is 8.76. The van der Waals surface area contributed by atoms with E-state index in [1.165, 1.54) is 0 Å². The number of aliphatic carboxylic acids is 2. The molecule has 158 valence electrons. The number of hydrogen-bond acceptors (Lipinski definition) is 6. The Morgan fingerprint density at radius 2 is 0.967 bits per heavy atom. The average molecular weight is 416 g/mol. The molecule has 0 atom stereocenters. The maximum atomic E-state index is 12.5. The van der Waals surface area contributed by atoms with Gasteiger partial charge in [0.25, 0.3) is 0 Å². The highest BCUT2D eigenvalue weighted by Gasteiger charge is 2.32. The second-order valence-electron chi connectivity index (χ2n) is 5.98. The van der Waals surface area contributed by atoms with E-state index in [4.69, 9.17) is 19.7 Å². The highest BCUT2D eigenvalue weighted by molar-refractivity contribution is 5.82. The van der Waals surface area contributed by atoms with Crippen LogP contribution in [0.3, 0.4) is 0 Å². The average Bonchev–Trinajstić information content (AvgIpc) is 2.74. The summed E-state index contributed by atoms with van der Waals surface area (Å²) in [6.07, 6.45) is -2.42. The van der Waals surface area contributed by atoms with E-state index in [-0.39, 0.29) is 13.2 Å². The summed E-state index contributed by atoms with van der Waals surface area (Å²) in [4.78, 5) is 47.3. The summed E-state index contributed by atoms with van der Waals surface area (Å²) in [5, 5.41) is 19.0. The monoisotopic (exact) mass is 416 g/mol. The quantitative estimate of drug-likeness (QED) is 0.627. The van der Waals surface area contributed by atoms with Crippen molar-refractivity contribution in [1.82, 2.24) is 10.0 Å². The van der Waals surface area contributed by atoms with Gasteiger partial charge in [-0.15, -0.1) is 0 Å². The first-order valence-corrected chi connectivity index (χ1v) is 8.76. The van der Waals surface area contributed by atoms with Crippen molar-refractivity contribution in [1.29, 1.82) is 0 Å². The molecule has 2 rings (SSSR count). The van der Waals surface area contributed by atoms with Crippen molar-refractivity contribution in [2.75, 3.05) is 13.1 Å². The van der Waals surface area contributed by atoms with Crippen LogP contribution < -0.4 is 0 Å². The molecular formula is C20H20N2O8. The fourth-order valence-corrected chi connectivity index (χ4v) is 2.34. The fraction of sp³-hybridized carbons (Fsp3) is 0.200. The van der Waals surface area contributed by atoms with Crippen molar-refractivity contribution in [3.8, 4) is 0 Å². The number of amides is 2. The van der Waals surface area contributed by atoms with Gasteiger partial charge in [0.15, 0.2) is 0 Å². The van der Waals surface area contributed by atoms with Crippen molar-refractivity contribution in [3.05, 3.63) is 71.8 Å². The van der Waals surface area contributed by atoms with Crippen LogP contribution in [-0.2, 0) is 32.3 Å². The Morgan fingerprint density at radius 1 is 0.633 bits per heavy atom. The van der Waals surface area contributed by atoms with Crippen molar-refractivity contribution in [3.63, 3.8) is 0 Å². The summed E-state index contributed by atoms with van der Waals surface area (Å²) in [7, 11) is 0. The van der Waals surface area contributed by atoms with Crippen LogP contribution in [0.25, 0.3) is 0 Å². The predicted octanol–water partition coefficient (Wildman–Crippen LogP) is 2.35. The highest BCUT2D eigenvalue weighted by atomic mass is 16.6. The summed E-state index contributed by atoms with van der Waals surface area (Å²) in [6.45, 7) is -2.39. The van der Waals surface area contributed by atoms with Crippen molar-refractivity contribution in [2.45, 2.75) is 13.2 Å². The summed E-state index contributed by atoms with van der Waals surface area (Å²) in [5.41, 5.74) is 1.25. The van der Waals surface area contributed by atoms with Gasteiger partial charge in [0.2, 0.25) is 0 Å². The summed E-state index contributed by atoms with van der Waals surface area (Å²) in [5.74, 6) is -2.95. The number of carbonyl (C=O) groups excluding carboxylic acids is 2. The molecule has 0 saturated carbocycles. The molecule has 2 aromatic carbocycles. The standard InChI is InChI=1S/C20H20N2O8/c23-17(24)11-21(19(27)29-13-15-7-3-1-4-8-15)22(12-18(25)26)20(28)30-14-16-9-5-2-6-10-16/h1-10H,11-14H2,(H,23,24)(H,25,26). The zero-order valence-corrected chi connectivity index (χ0v) is 15.8. The van der Waals surface area contributed by atoms with Crippen LogP contribution in [0.5, 0.6) is 0 Å². The Labute approximate surface area is 171 Å². The van der Waals surface area contributed by atoms with Crippen molar-refractivity contribution in [2.24, 2.45) is 0 Å². The molecule has 2 N–H and O–H groups in total. The van der Waals surface area contributed by atoms with Crippen LogP contribution >= 0.6 is 0 Å². The van der Waals surface area contributed by atoms with Crippen LogP contribution in [-0.4, -0.2) is 57.4 Å². The number of ether oxygens (including phenoxy) is 2. The number of rotatable bonds is 8. The first kappa shape index (κ1) is 22.2. The number of hydrazine groups is 1. The third-order valence-corrected chi connectivity index (χ3v) is 3.69. The molecule has 0 aliphatic rings. The second-order valence-corrected chi connectivity index (χ2v) is 5.98. The van der Waals surface area contributed by atoms with Crippen LogP contribution in [0.1, 0.15) is 11.1 Å². The van der Waals surface area contributed by atoms with Gasteiger partial charge in [-0.2, -0.15) is 0 Å². The van der Waals surface area contributed by atoms with E-state index in [1.807, 2.05) is 0 Å². The topological polar surface area (TPSA) is 134 Å². The molecule has 0 aliphatic heterocycles. The largest absolute Gasteiger partial charge is 0.480 e. The lowest BCUT2D eigenvalue weighted by atomic mass is 10.2. The summed E-state index contributed by atoms with van der Waals surface area (Å²) < 4.78 is 10.1. The van der Waals surface area contributed by atoms with Gasteiger partial charge < -0.3 is 19.7 Å². The zero-order valence-electron chi connectivity index (χ0n) is 15.8. The van der Waals surface area contributed by atoms with Gasteiger partial charge in [-0.3, -0.25) is 9.59 Å². The minimum absolute atomic E-state index is 0.199. The van der Waals surface area contributed by atoms with Crippen LogP contribution in [0.15, 0.2) is 60.7 Å². The molecule has 0 radical (unpaired) electrons. The van der Waals surface area contributed by atoms with E-state index < -0.39 is 37.2 Å². The molecule has 0 aromatic heterocycles. The zero-order chi connectivity index (χ0) is 21.9. The van der Waals surface area contributed by atoms with E-state index in [0.29, 0.717) is 21.1 Å². The Morgan fingerprint density at radius 3 is 1.27 bits per heavy atom. The lowest BCUT2D eigenvalue weighted by Crippen LogP contribution is -2.53. The summed E-state index contributed by atoms with van der Waals surface area (Å²) >= 11 is 0. The van der Waals surface area contributed by atoms with Crippen LogP contribution in [0.4, 0.5) is 9.59 Å². The smallest absolute Gasteiger partial charge is 0.429 e. The third-order valence-electron chi connectivity index (χ3n) is 3.69. The molecule has 30 heavy (non-hydrogen) atoms. The summed E-state index contributed by atoms with van der Waals surface area (Å²) in [6, 6.07) is 17.1. The number of carbonyl (C=O) groups is 4. The SMILES string of the molecule is O=C(O)CN(C(=O)OCc1ccccc1)N(CC(=O)O)C(=O)OCc1ccccc1. The van der Waals surface area contributed by atoms with Crippen LogP contribution in [0, 0.1) is 0 Å². The molecule has 0 spiro atoms. The van der Waals surface area contributed by atoms with E-state index >= 15 is 0 Å². The minimum Gasteiger partial charge on any atom is -0.480 e. The first-order chi connectivity index (χ1) is 14.4. The number of nitrogens with zero attached hydrogens (tertiary/aromatic N) is 2. The maximum Gasteiger partial charge on any atom is 0.429 e. The third kappa shape index (κ3) is 7.15. The Kier molecular flexibility index (Phi) is 8.18. The Bertz CT molecular complexity index is 799. The lowest BCUT2D eigenvalue weighted by molar-refractivity contribution is -0.148. The van der Waals surface area contributed by atoms with Gasteiger partial charge in [-0.05, 0) is 11.1 Å². The van der Waals surface area contributed by atoms with Crippen molar-refractivity contribution < 1.29 is 38.9 Å². The van der Waals surface area contributed by atoms with Gasteiger partial charge >= 0.3 is 24.1 Å². The molecule has 10 nitrogen and oxygen atoms in total. The molecular weight excluding hydrogens is 396 g/mol.